The van der Waals surface area contributed by atoms with E-state index < -0.39 is 0 Å². The first-order valence-electron chi connectivity index (χ1n) is 4.93. The number of imidazole rings is 1. The Hall–Kier alpha value is -2.14. The van der Waals surface area contributed by atoms with Gasteiger partial charge in [-0.05, 0) is 12.1 Å². The number of fused-ring (bicyclic) bond motifs is 1. The predicted octanol–water partition coefficient (Wildman–Crippen LogP) is 1.76. The van der Waals surface area contributed by atoms with Gasteiger partial charge in [-0.25, -0.2) is 14.3 Å². The largest absolute Gasteiger partial charge is 0.332 e. The van der Waals surface area contributed by atoms with E-state index in [0.717, 1.165) is 11.0 Å². The molecular formula is C11H7ClN4O. The molecular weight excluding hydrogens is 240 g/mol. The van der Waals surface area contributed by atoms with Crippen LogP contribution < -0.4 is 5.69 Å². The average molecular weight is 247 g/mol. The highest BCUT2D eigenvalue weighted by atomic mass is 35.5. The number of hydrogen-bond acceptors (Lipinski definition) is 3. The maximum atomic E-state index is 11.8. The van der Waals surface area contributed by atoms with Crippen molar-refractivity contribution in [3.05, 3.63) is 52.3 Å². The van der Waals surface area contributed by atoms with Gasteiger partial charge in [-0.2, -0.15) is 0 Å². The van der Waals surface area contributed by atoms with Crippen LogP contribution in [0.2, 0.25) is 5.15 Å². The summed E-state index contributed by atoms with van der Waals surface area (Å²) in [6.07, 6.45) is 2.92. The zero-order valence-electron chi connectivity index (χ0n) is 8.59. The molecule has 0 amide bonds. The lowest BCUT2D eigenvalue weighted by Gasteiger charge is -2.01. The molecule has 0 aliphatic carbocycles. The smallest absolute Gasteiger partial charge is 0.305 e. The Morgan fingerprint density at radius 1 is 1.24 bits per heavy atom. The van der Waals surface area contributed by atoms with Crippen LogP contribution in [-0.2, 0) is 0 Å². The van der Waals surface area contributed by atoms with Crippen molar-refractivity contribution in [2.45, 2.75) is 0 Å². The molecule has 0 radical (unpaired) electrons. The van der Waals surface area contributed by atoms with Crippen LogP contribution in [0.1, 0.15) is 0 Å². The third-order valence-electron chi connectivity index (χ3n) is 2.41. The molecule has 5 nitrogen and oxygen atoms in total. The number of para-hydroxylation sites is 2. The second-order valence-electron chi connectivity index (χ2n) is 3.48. The van der Waals surface area contributed by atoms with Crippen LogP contribution >= 0.6 is 11.6 Å². The molecule has 17 heavy (non-hydrogen) atoms. The normalized spacial score (nSPS) is 10.9. The van der Waals surface area contributed by atoms with Crippen molar-refractivity contribution in [3.8, 4) is 5.82 Å². The summed E-state index contributed by atoms with van der Waals surface area (Å²) >= 11 is 5.77. The minimum Gasteiger partial charge on any atom is -0.305 e. The molecule has 0 saturated heterocycles. The molecule has 6 heteroatoms. The highest BCUT2D eigenvalue weighted by Gasteiger charge is 2.09. The third kappa shape index (κ3) is 1.60. The summed E-state index contributed by atoms with van der Waals surface area (Å²) in [5.74, 6) is 0.403. The van der Waals surface area contributed by atoms with Gasteiger partial charge in [-0.1, -0.05) is 23.7 Å². The monoisotopic (exact) mass is 246 g/mol. The van der Waals surface area contributed by atoms with E-state index in [1.807, 2.05) is 24.3 Å². The number of benzene rings is 1. The quantitative estimate of drug-likeness (QED) is 0.712. The first-order valence-corrected chi connectivity index (χ1v) is 5.31. The van der Waals surface area contributed by atoms with Crippen LogP contribution in [0.5, 0.6) is 0 Å². The Bertz CT molecular complexity index is 746. The third-order valence-corrected chi connectivity index (χ3v) is 2.59. The second kappa shape index (κ2) is 3.71. The van der Waals surface area contributed by atoms with E-state index in [1.54, 1.807) is 0 Å². The Morgan fingerprint density at radius 2 is 2.06 bits per heavy atom. The van der Waals surface area contributed by atoms with Gasteiger partial charge in [0.15, 0.2) is 5.82 Å². The molecule has 0 unspecified atom stereocenters. The molecule has 2 heterocycles. The fraction of sp³-hybridized carbons (Fsp3) is 0. The van der Waals surface area contributed by atoms with Crippen molar-refractivity contribution >= 4 is 22.6 Å². The van der Waals surface area contributed by atoms with Gasteiger partial charge in [0.1, 0.15) is 5.15 Å². The van der Waals surface area contributed by atoms with Gasteiger partial charge in [-0.3, -0.25) is 4.98 Å². The van der Waals surface area contributed by atoms with Gasteiger partial charge in [0.2, 0.25) is 0 Å². The lowest BCUT2D eigenvalue weighted by molar-refractivity contribution is 0.949. The molecule has 0 aliphatic heterocycles. The Balaban J connectivity index is 2.37. The molecule has 3 aromatic rings. The summed E-state index contributed by atoms with van der Waals surface area (Å²) in [7, 11) is 0. The van der Waals surface area contributed by atoms with Gasteiger partial charge in [0.25, 0.3) is 0 Å². The van der Waals surface area contributed by atoms with Crippen LogP contribution in [0.4, 0.5) is 0 Å². The number of hydrogen-bond donors (Lipinski definition) is 1. The van der Waals surface area contributed by atoms with Crippen molar-refractivity contribution in [2.75, 3.05) is 0 Å². The zero-order chi connectivity index (χ0) is 11.8. The molecule has 3 rings (SSSR count). The van der Waals surface area contributed by atoms with Gasteiger partial charge in [0, 0.05) is 0 Å². The molecule has 2 aromatic heterocycles. The second-order valence-corrected chi connectivity index (χ2v) is 3.87. The standard InChI is InChI=1S/C11H7ClN4O/c12-9-5-13-6-10(15-9)16-8-4-2-1-3-7(8)14-11(16)17/h1-6H,(H,14,17). The highest BCUT2D eigenvalue weighted by Crippen LogP contribution is 2.13. The molecule has 0 bridgehead atoms. The maximum absolute atomic E-state index is 11.8. The van der Waals surface area contributed by atoms with Gasteiger partial charge in [-0.15, -0.1) is 0 Å². The fourth-order valence-corrected chi connectivity index (χ4v) is 1.87. The van der Waals surface area contributed by atoms with Crippen LogP contribution in [0.25, 0.3) is 16.9 Å². The van der Waals surface area contributed by atoms with E-state index in [1.165, 1.54) is 17.0 Å². The van der Waals surface area contributed by atoms with Crippen LogP contribution in [0, 0.1) is 0 Å². The van der Waals surface area contributed by atoms with Crippen LogP contribution in [0.3, 0.4) is 0 Å². The Morgan fingerprint density at radius 3 is 2.88 bits per heavy atom. The first kappa shape index (κ1) is 10.0. The van der Waals surface area contributed by atoms with E-state index in [4.69, 9.17) is 11.6 Å². The summed E-state index contributed by atoms with van der Waals surface area (Å²) in [5, 5.41) is 0.250. The van der Waals surface area contributed by atoms with E-state index in [9.17, 15) is 4.79 Å². The van der Waals surface area contributed by atoms with E-state index >= 15 is 0 Å². The molecule has 0 aliphatic rings. The number of H-pyrrole nitrogens is 1. The van der Waals surface area contributed by atoms with Gasteiger partial charge < -0.3 is 4.98 Å². The molecule has 0 fully saturated rings. The number of rotatable bonds is 1. The van der Waals surface area contributed by atoms with Crippen molar-refractivity contribution in [3.63, 3.8) is 0 Å². The number of halogens is 1. The minimum absolute atomic E-state index is 0.250. The number of nitrogens with one attached hydrogen (secondary N) is 1. The lowest BCUT2D eigenvalue weighted by Crippen LogP contribution is -2.16. The highest BCUT2D eigenvalue weighted by molar-refractivity contribution is 6.29. The molecule has 0 saturated carbocycles. The minimum atomic E-state index is -0.261. The Kier molecular flexibility index (Phi) is 2.19. The summed E-state index contributed by atoms with van der Waals surface area (Å²) < 4.78 is 1.44. The molecule has 1 N–H and O–H groups in total. The van der Waals surface area contributed by atoms with Crippen LogP contribution in [0.15, 0.2) is 41.5 Å². The number of aromatic amines is 1. The number of nitrogens with zero attached hydrogens (tertiary/aromatic N) is 3. The van der Waals surface area contributed by atoms with E-state index in [-0.39, 0.29) is 10.8 Å². The average Bonchev–Trinajstić information content (AvgIpc) is 2.64. The van der Waals surface area contributed by atoms with Crippen molar-refractivity contribution in [1.82, 2.24) is 19.5 Å². The van der Waals surface area contributed by atoms with Crippen molar-refractivity contribution in [2.24, 2.45) is 0 Å². The summed E-state index contributed by atoms with van der Waals surface area (Å²) in [6, 6.07) is 7.36. The SMILES string of the molecule is O=c1[nH]c2ccccc2n1-c1cncc(Cl)n1. The molecule has 1 aromatic carbocycles. The summed E-state index contributed by atoms with van der Waals surface area (Å²) in [5.41, 5.74) is 1.23. The van der Waals surface area contributed by atoms with Crippen LogP contribution in [-0.4, -0.2) is 19.5 Å². The van der Waals surface area contributed by atoms with E-state index in [0.29, 0.717) is 5.82 Å². The topological polar surface area (TPSA) is 63.6 Å². The molecule has 84 valence electrons. The van der Waals surface area contributed by atoms with Gasteiger partial charge >= 0.3 is 5.69 Å². The van der Waals surface area contributed by atoms with Crippen molar-refractivity contribution < 1.29 is 0 Å². The molecule has 0 spiro atoms. The van der Waals surface area contributed by atoms with E-state index in [2.05, 4.69) is 15.0 Å². The number of aromatic nitrogens is 4. The zero-order valence-corrected chi connectivity index (χ0v) is 9.35. The summed E-state index contributed by atoms with van der Waals surface area (Å²) in [4.78, 5) is 22.6. The predicted molar refractivity (Wildman–Crippen MR) is 64.5 cm³/mol. The Labute approximate surface area is 101 Å². The molecule has 0 atom stereocenters. The van der Waals surface area contributed by atoms with Crippen molar-refractivity contribution in [1.29, 1.82) is 0 Å². The lowest BCUT2D eigenvalue weighted by atomic mass is 10.3. The summed E-state index contributed by atoms with van der Waals surface area (Å²) in [6.45, 7) is 0. The fourth-order valence-electron chi connectivity index (χ4n) is 1.72. The van der Waals surface area contributed by atoms with Gasteiger partial charge in [0.05, 0.1) is 23.4 Å². The first-order chi connectivity index (χ1) is 8.25. The maximum Gasteiger partial charge on any atom is 0.332 e.